The van der Waals surface area contributed by atoms with Crippen molar-refractivity contribution in [2.45, 2.75) is 26.7 Å². The van der Waals surface area contributed by atoms with Gasteiger partial charge < -0.3 is 16.0 Å². The van der Waals surface area contributed by atoms with Crippen molar-refractivity contribution in [3.8, 4) is 0 Å². The van der Waals surface area contributed by atoms with Crippen LogP contribution in [0.2, 0.25) is 0 Å². The van der Waals surface area contributed by atoms with Crippen molar-refractivity contribution in [1.82, 2.24) is 0 Å². The van der Waals surface area contributed by atoms with Crippen LogP contribution in [0.4, 0.5) is 17.1 Å². The van der Waals surface area contributed by atoms with Gasteiger partial charge in [-0.05, 0) is 48.7 Å². The van der Waals surface area contributed by atoms with Gasteiger partial charge in [-0.25, -0.2) is 0 Å². The van der Waals surface area contributed by atoms with E-state index in [4.69, 9.17) is 0 Å². The lowest BCUT2D eigenvalue weighted by molar-refractivity contribution is -0.117. The van der Waals surface area contributed by atoms with E-state index in [2.05, 4.69) is 16.0 Å². The zero-order chi connectivity index (χ0) is 19.4. The first-order chi connectivity index (χ1) is 13.0. The smallest absolute Gasteiger partial charge is 0.255 e. The van der Waals surface area contributed by atoms with Crippen molar-refractivity contribution in [2.75, 3.05) is 16.0 Å². The molecule has 1 aliphatic carbocycles. The van der Waals surface area contributed by atoms with E-state index in [1.165, 1.54) is 0 Å². The van der Waals surface area contributed by atoms with Crippen LogP contribution in [0.3, 0.4) is 0 Å². The van der Waals surface area contributed by atoms with E-state index in [1.807, 2.05) is 6.92 Å². The number of benzene rings is 2. The fraction of sp³-hybridized carbons (Fsp3) is 0.286. The normalized spacial score (nSPS) is 17.7. The summed E-state index contributed by atoms with van der Waals surface area (Å²) < 4.78 is 0. The second-order valence-electron chi connectivity index (χ2n) is 6.83. The Morgan fingerprint density at radius 2 is 1.52 bits per heavy atom. The number of hydrogen-bond donors (Lipinski definition) is 3. The largest absolute Gasteiger partial charge is 0.326 e. The lowest BCUT2D eigenvalue weighted by Gasteiger charge is -2.10. The summed E-state index contributed by atoms with van der Waals surface area (Å²) in [6.45, 7) is 3.82. The van der Waals surface area contributed by atoms with Crippen LogP contribution in [0.25, 0.3) is 0 Å². The third kappa shape index (κ3) is 4.94. The van der Waals surface area contributed by atoms with Gasteiger partial charge in [0.25, 0.3) is 5.91 Å². The number of anilines is 3. The van der Waals surface area contributed by atoms with Gasteiger partial charge in [-0.1, -0.05) is 26.0 Å². The number of hydrogen-bond acceptors (Lipinski definition) is 3. The van der Waals surface area contributed by atoms with Gasteiger partial charge in [-0.2, -0.15) is 0 Å². The molecule has 27 heavy (non-hydrogen) atoms. The molecule has 0 saturated heterocycles. The van der Waals surface area contributed by atoms with E-state index in [-0.39, 0.29) is 23.6 Å². The molecular formula is C21H23N3O3. The molecule has 3 amide bonds. The molecule has 3 N–H and O–H groups in total. The first kappa shape index (κ1) is 18.6. The summed E-state index contributed by atoms with van der Waals surface area (Å²) >= 11 is 0. The molecule has 1 saturated carbocycles. The molecule has 0 aliphatic heterocycles. The molecule has 2 unspecified atom stereocenters. The highest BCUT2D eigenvalue weighted by Crippen LogP contribution is 2.38. The number of carbonyl (C=O) groups is 3. The Morgan fingerprint density at radius 3 is 2.15 bits per heavy atom. The minimum atomic E-state index is -0.287. The summed E-state index contributed by atoms with van der Waals surface area (Å²) in [5.41, 5.74) is 2.25. The molecule has 1 fully saturated rings. The van der Waals surface area contributed by atoms with E-state index >= 15 is 0 Å². The van der Waals surface area contributed by atoms with Crippen LogP contribution in [-0.4, -0.2) is 17.7 Å². The standard InChI is InChI=1S/C21H23N3O3/c1-3-19(25)22-16-8-5-9-17(12-16)23-20(26)14-6-4-7-15(11-14)24-21(27)18-10-13(18)2/h4-9,11-13,18H,3,10H2,1-2H3,(H,22,25)(H,23,26)(H,24,27). The lowest BCUT2D eigenvalue weighted by Crippen LogP contribution is -2.16. The molecule has 3 rings (SSSR count). The maximum absolute atomic E-state index is 12.5. The first-order valence-electron chi connectivity index (χ1n) is 9.08. The van der Waals surface area contributed by atoms with E-state index in [0.717, 1.165) is 6.42 Å². The van der Waals surface area contributed by atoms with Crippen molar-refractivity contribution < 1.29 is 14.4 Å². The van der Waals surface area contributed by atoms with E-state index < -0.39 is 0 Å². The average Bonchev–Trinajstić information content (AvgIpc) is 3.39. The fourth-order valence-corrected chi connectivity index (χ4v) is 2.79. The Hall–Kier alpha value is -3.15. The van der Waals surface area contributed by atoms with Gasteiger partial charge in [0.2, 0.25) is 11.8 Å². The third-order valence-electron chi connectivity index (χ3n) is 4.56. The van der Waals surface area contributed by atoms with Crippen LogP contribution in [0.15, 0.2) is 48.5 Å². The molecule has 2 atom stereocenters. The molecule has 2 aromatic rings. The molecule has 0 radical (unpaired) electrons. The predicted octanol–water partition coefficient (Wildman–Crippen LogP) is 3.88. The topological polar surface area (TPSA) is 87.3 Å². The summed E-state index contributed by atoms with van der Waals surface area (Å²) in [4.78, 5) is 36.1. The van der Waals surface area contributed by atoms with Crippen LogP contribution in [-0.2, 0) is 9.59 Å². The fourth-order valence-electron chi connectivity index (χ4n) is 2.79. The molecular weight excluding hydrogens is 342 g/mol. The van der Waals surface area contributed by atoms with Crippen LogP contribution < -0.4 is 16.0 Å². The van der Waals surface area contributed by atoms with Gasteiger partial charge in [0.1, 0.15) is 0 Å². The molecule has 0 aromatic heterocycles. The predicted molar refractivity (Wildman–Crippen MR) is 106 cm³/mol. The zero-order valence-corrected chi connectivity index (χ0v) is 15.4. The van der Waals surface area contributed by atoms with Crippen molar-refractivity contribution in [3.63, 3.8) is 0 Å². The van der Waals surface area contributed by atoms with Crippen molar-refractivity contribution in [2.24, 2.45) is 11.8 Å². The highest BCUT2D eigenvalue weighted by atomic mass is 16.2. The van der Waals surface area contributed by atoms with E-state index in [1.54, 1.807) is 55.5 Å². The van der Waals surface area contributed by atoms with E-state index in [0.29, 0.717) is 35.0 Å². The Labute approximate surface area is 158 Å². The van der Waals surface area contributed by atoms with Gasteiger partial charge in [0, 0.05) is 35.0 Å². The monoisotopic (exact) mass is 365 g/mol. The Bertz CT molecular complexity index is 878. The third-order valence-corrected chi connectivity index (χ3v) is 4.56. The highest BCUT2D eigenvalue weighted by Gasteiger charge is 2.39. The second kappa shape index (κ2) is 8.03. The van der Waals surface area contributed by atoms with Crippen molar-refractivity contribution in [3.05, 3.63) is 54.1 Å². The van der Waals surface area contributed by atoms with Crippen LogP contribution >= 0.6 is 0 Å². The molecule has 0 bridgehead atoms. The maximum atomic E-state index is 12.5. The van der Waals surface area contributed by atoms with Crippen LogP contribution in [0.1, 0.15) is 37.0 Å². The second-order valence-corrected chi connectivity index (χ2v) is 6.83. The summed E-state index contributed by atoms with van der Waals surface area (Å²) in [6.07, 6.45) is 1.30. The summed E-state index contributed by atoms with van der Waals surface area (Å²) in [5, 5.41) is 8.43. The summed E-state index contributed by atoms with van der Waals surface area (Å²) in [5.74, 6) is 0.122. The van der Waals surface area contributed by atoms with Gasteiger partial charge in [0.05, 0.1) is 0 Å². The van der Waals surface area contributed by atoms with Gasteiger partial charge in [-0.3, -0.25) is 14.4 Å². The molecule has 6 nitrogen and oxygen atoms in total. The minimum absolute atomic E-state index is 0.000532. The van der Waals surface area contributed by atoms with E-state index in [9.17, 15) is 14.4 Å². The van der Waals surface area contributed by atoms with Gasteiger partial charge >= 0.3 is 0 Å². The molecule has 6 heteroatoms. The minimum Gasteiger partial charge on any atom is -0.326 e. The number of carbonyl (C=O) groups excluding carboxylic acids is 3. The molecule has 1 aliphatic rings. The Morgan fingerprint density at radius 1 is 0.926 bits per heavy atom. The SMILES string of the molecule is CCC(=O)Nc1cccc(NC(=O)c2cccc(NC(=O)C3CC3C)c2)c1. The summed E-state index contributed by atoms with van der Waals surface area (Å²) in [7, 11) is 0. The average molecular weight is 365 g/mol. The van der Waals surface area contributed by atoms with Crippen molar-refractivity contribution >= 4 is 34.8 Å². The first-order valence-corrected chi connectivity index (χ1v) is 9.08. The Kier molecular flexibility index (Phi) is 5.54. The lowest BCUT2D eigenvalue weighted by atomic mass is 10.1. The molecule has 140 valence electrons. The molecule has 2 aromatic carbocycles. The quantitative estimate of drug-likeness (QED) is 0.726. The number of rotatable bonds is 6. The number of amides is 3. The molecule has 0 spiro atoms. The zero-order valence-electron chi connectivity index (χ0n) is 15.4. The highest BCUT2D eigenvalue weighted by molar-refractivity contribution is 6.06. The van der Waals surface area contributed by atoms with Crippen molar-refractivity contribution in [1.29, 1.82) is 0 Å². The van der Waals surface area contributed by atoms with Gasteiger partial charge in [-0.15, -0.1) is 0 Å². The number of nitrogens with one attached hydrogen (secondary N) is 3. The van der Waals surface area contributed by atoms with Gasteiger partial charge in [0.15, 0.2) is 0 Å². The molecule has 0 heterocycles. The Balaban J connectivity index is 1.66. The maximum Gasteiger partial charge on any atom is 0.255 e. The summed E-state index contributed by atoms with van der Waals surface area (Å²) in [6, 6.07) is 13.8. The van der Waals surface area contributed by atoms with Crippen LogP contribution in [0, 0.1) is 11.8 Å². The van der Waals surface area contributed by atoms with Crippen LogP contribution in [0.5, 0.6) is 0 Å².